The lowest BCUT2D eigenvalue weighted by molar-refractivity contribution is -0.136. The molecule has 2 rings (SSSR count). The van der Waals surface area contributed by atoms with Crippen LogP contribution in [0.15, 0.2) is 30.5 Å². The molecule has 0 saturated carbocycles. The van der Waals surface area contributed by atoms with Crippen molar-refractivity contribution in [1.29, 1.82) is 0 Å². The number of rotatable bonds is 3. The Labute approximate surface area is 102 Å². The number of aliphatic carboxylic acids is 1. The third kappa shape index (κ3) is 2.47. The van der Waals surface area contributed by atoms with Gasteiger partial charge in [-0.15, -0.1) is 0 Å². The van der Waals surface area contributed by atoms with Crippen LogP contribution in [0.1, 0.15) is 17.6 Å². The van der Waals surface area contributed by atoms with Crippen molar-refractivity contribution in [3.63, 3.8) is 0 Å². The maximum absolute atomic E-state index is 11.8. The number of aromatic nitrogens is 1. The molecule has 0 unspecified atom stereocenters. The summed E-state index contributed by atoms with van der Waals surface area (Å²) in [5.74, 6) is -1.21. The summed E-state index contributed by atoms with van der Waals surface area (Å²) in [4.78, 5) is 22.2. The molecule has 0 fully saturated rings. The first kappa shape index (κ1) is 11.7. The summed E-state index contributed by atoms with van der Waals surface area (Å²) in [7, 11) is 0. The molecule has 0 atom stereocenters. The summed E-state index contributed by atoms with van der Waals surface area (Å²) in [6, 6.07) is 6.99. The third-order valence-corrected chi connectivity index (χ3v) is 2.71. The number of fused-ring (bicyclic) bond motifs is 1. The molecule has 1 N–H and O–H groups in total. The largest absolute Gasteiger partial charge is 0.481 e. The average molecular weight is 252 g/mol. The monoisotopic (exact) mass is 251 g/mol. The number of benzene rings is 1. The van der Waals surface area contributed by atoms with E-state index in [2.05, 4.69) is 0 Å². The van der Waals surface area contributed by atoms with Crippen molar-refractivity contribution in [3.8, 4) is 0 Å². The van der Waals surface area contributed by atoms with Crippen LogP contribution in [0.3, 0.4) is 0 Å². The Morgan fingerprint density at radius 1 is 1.24 bits per heavy atom. The summed E-state index contributed by atoms with van der Waals surface area (Å²) < 4.78 is 1.45. The number of halogens is 1. The van der Waals surface area contributed by atoms with Crippen molar-refractivity contribution in [3.05, 3.63) is 35.5 Å². The molecular weight excluding hydrogens is 242 g/mol. The Morgan fingerprint density at radius 3 is 2.71 bits per heavy atom. The Morgan fingerprint density at radius 2 is 2.00 bits per heavy atom. The molecule has 17 heavy (non-hydrogen) atoms. The van der Waals surface area contributed by atoms with Crippen molar-refractivity contribution in [2.75, 3.05) is 0 Å². The Balaban J connectivity index is 2.29. The van der Waals surface area contributed by atoms with Gasteiger partial charge in [0.25, 0.3) is 0 Å². The number of carboxylic acid groups (broad SMARTS) is 1. The number of hydrogen-bond acceptors (Lipinski definition) is 2. The van der Waals surface area contributed by atoms with Gasteiger partial charge in [0.2, 0.25) is 5.91 Å². The molecular formula is C12H10ClNO3. The van der Waals surface area contributed by atoms with Crippen LogP contribution in [0.4, 0.5) is 0 Å². The Kier molecular flexibility index (Phi) is 3.15. The molecule has 0 amide bonds. The van der Waals surface area contributed by atoms with Crippen molar-refractivity contribution in [1.82, 2.24) is 4.57 Å². The first-order chi connectivity index (χ1) is 8.08. The molecule has 5 heteroatoms. The van der Waals surface area contributed by atoms with Gasteiger partial charge >= 0.3 is 5.97 Å². The second-order valence-corrected chi connectivity index (χ2v) is 4.11. The number of carbonyl (C=O) groups is 2. The second kappa shape index (κ2) is 4.59. The van der Waals surface area contributed by atoms with Gasteiger partial charge in [0, 0.05) is 23.0 Å². The standard InChI is InChI=1S/C12H10ClNO3/c13-9-1-2-10-8(7-9)5-6-14(10)11(15)3-4-12(16)17/h1-2,5-7H,3-4H2,(H,16,17). The zero-order valence-corrected chi connectivity index (χ0v) is 9.65. The quantitative estimate of drug-likeness (QED) is 0.913. The normalized spacial score (nSPS) is 10.6. The minimum Gasteiger partial charge on any atom is -0.481 e. The van der Waals surface area contributed by atoms with E-state index in [0.29, 0.717) is 5.02 Å². The van der Waals surface area contributed by atoms with E-state index >= 15 is 0 Å². The molecule has 0 aliphatic heterocycles. The van der Waals surface area contributed by atoms with Gasteiger partial charge in [0.15, 0.2) is 0 Å². The number of nitrogens with zero attached hydrogens (tertiary/aromatic N) is 1. The van der Waals surface area contributed by atoms with Gasteiger partial charge in [-0.2, -0.15) is 0 Å². The lowest BCUT2D eigenvalue weighted by Crippen LogP contribution is -2.11. The first-order valence-corrected chi connectivity index (χ1v) is 5.47. The lowest BCUT2D eigenvalue weighted by atomic mass is 10.2. The van der Waals surface area contributed by atoms with Crippen molar-refractivity contribution >= 4 is 34.4 Å². The van der Waals surface area contributed by atoms with Crippen LogP contribution >= 0.6 is 11.6 Å². The van der Waals surface area contributed by atoms with Crippen LogP contribution in [0, 0.1) is 0 Å². The highest BCUT2D eigenvalue weighted by atomic mass is 35.5. The van der Waals surface area contributed by atoms with Crippen molar-refractivity contribution in [2.24, 2.45) is 0 Å². The summed E-state index contributed by atoms with van der Waals surface area (Å²) in [5.41, 5.74) is 0.741. The van der Waals surface area contributed by atoms with Gasteiger partial charge in [0.05, 0.1) is 11.9 Å². The van der Waals surface area contributed by atoms with Crippen molar-refractivity contribution in [2.45, 2.75) is 12.8 Å². The topological polar surface area (TPSA) is 59.3 Å². The molecule has 1 aromatic heterocycles. The van der Waals surface area contributed by atoms with Crippen LogP contribution in [-0.2, 0) is 4.79 Å². The van der Waals surface area contributed by atoms with Gasteiger partial charge in [-0.25, -0.2) is 0 Å². The van der Waals surface area contributed by atoms with E-state index in [1.807, 2.05) is 0 Å². The smallest absolute Gasteiger partial charge is 0.303 e. The molecule has 88 valence electrons. The van der Waals surface area contributed by atoms with Crippen LogP contribution in [0.2, 0.25) is 5.02 Å². The molecule has 0 aliphatic rings. The van der Waals surface area contributed by atoms with E-state index in [1.54, 1.807) is 30.5 Å². The van der Waals surface area contributed by atoms with E-state index < -0.39 is 5.97 Å². The van der Waals surface area contributed by atoms with Gasteiger partial charge in [-0.1, -0.05) is 11.6 Å². The molecule has 0 bridgehead atoms. The predicted octanol–water partition coefficient (Wildman–Crippen LogP) is 2.80. The van der Waals surface area contributed by atoms with E-state index in [4.69, 9.17) is 16.7 Å². The fourth-order valence-electron chi connectivity index (χ4n) is 1.67. The Bertz CT molecular complexity index is 588. The zero-order valence-electron chi connectivity index (χ0n) is 8.89. The highest BCUT2D eigenvalue weighted by molar-refractivity contribution is 6.31. The van der Waals surface area contributed by atoms with Gasteiger partial charge in [0.1, 0.15) is 0 Å². The number of hydrogen-bond donors (Lipinski definition) is 1. The van der Waals surface area contributed by atoms with E-state index in [-0.39, 0.29) is 18.7 Å². The molecule has 0 aliphatic carbocycles. The average Bonchev–Trinajstić information content (AvgIpc) is 2.68. The van der Waals surface area contributed by atoms with Gasteiger partial charge in [-0.05, 0) is 24.3 Å². The maximum Gasteiger partial charge on any atom is 0.303 e. The van der Waals surface area contributed by atoms with Crippen LogP contribution in [-0.4, -0.2) is 21.6 Å². The molecule has 4 nitrogen and oxygen atoms in total. The molecule has 1 aromatic carbocycles. The van der Waals surface area contributed by atoms with Crippen LogP contribution in [0.25, 0.3) is 10.9 Å². The van der Waals surface area contributed by atoms with E-state index in [1.165, 1.54) is 4.57 Å². The minimum absolute atomic E-state index is 0.0122. The van der Waals surface area contributed by atoms with Crippen LogP contribution < -0.4 is 0 Å². The summed E-state index contributed by atoms with van der Waals surface area (Å²) in [6.07, 6.45) is 1.46. The molecule has 2 aromatic rings. The lowest BCUT2D eigenvalue weighted by Gasteiger charge is -2.02. The van der Waals surface area contributed by atoms with Crippen LogP contribution in [0.5, 0.6) is 0 Å². The predicted molar refractivity (Wildman–Crippen MR) is 64.4 cm³/mol. The summed E-state index contributed by atoms with van der Waals surface area (Å²) in [6.45, 7) is 0. The summed E-state index contributed by atoms with van der Waals surface area (Å²) in [5, 5.41) is 10.00. The highest BCUT2D eigenvalue weighted by Gasteiger charge is 2.10. The maximum atomic E-state index is 11.8. The SMILES string of the molecule is O=C(O)CCC(=O)n1ccc2cc(Cl)ccc21. The van der Waals surface area contributed by atoms with Gasteiger partial charge in [-0.3, -0.25) is 14.2 Å². The minimum atomic E-state index is -0.974. The Hall–Kier alpha value is -1.81. The fraction of sp³-hybridized carbons (Fsp3) is 0.167. The molecule has 0 radical (unpaired) electrons. The third-order valence-electron chi connectivity index (χ3n) is 2.47. The highest BCUT2D eigenvalue weighted by Crippen LogP contribution is 2.20. The van der Waals surface area contributed by atoms with E-state index in [0.717, 1.165) is 10.9 Å². The molecule has 0 saturated heterocycles. The van der Waals surface area contributed by atoms with Gasteiger partial charge < -0.3 is 5.11 Å². The molecule has 1 heterocycles. The van der Waals surface area contributed by atoms with E-state index in [9.17, 15) is 9.59 Å². The first-order valence-electron chi connectivity index (χ1n) is 5.09. The second-order valence-electron chi connectivity index (χ2n) is 3.68. The fourth-order valence-corrected chi connectivity index (χ4v) is 1.85. The zero-order chi connectivity index (χ0) is 12.4. The number of carbonyl (C=O) groups excluding carboxylic acids is 1. The number of carboxylic acids is 1. The molecule has 0 spiro atoms. The summed E-state index contributed by atoms with van der Waals surface area (Å²) >= 11 is 5.84. The van der Waals surface area contributed by atoms with Crippen molar-refractivity contribution < 1.29 is 14.7 Å².